The molecule has 5 aromatic rings. The van der Waals surface area contributed by atoms with E-state index in [2.05, 4.69) is 5.32 Å². The SMILES string of the molecule is Cc1ccc(S(=O)(=O)N(CC(=O)N(Cc2ccc(Cl)c(Cl)c2)C(Cc2ccccc2)C(=O)NCC(C)C)c2ccc(Oc3ccccc3)cc2)cc1. The van der Waals surface area contributed by atoms with E-state index in [9.17, 15) is 18.0 Å². The summed E-state index contributed by atoms with van der Waals surface area (Å²) in [6, 6.07) is 35.5. The van der Waals surface area contributed by atoms with E-state index in [1.165, 1.54) is 17.0 Å². The summed E-state index contributed by atoms with van der Waals surface area (Å²) in [6.07, 6.45) is 0.189. The average molecular weight is 759 g/mol. The fourth-order valence-corrected chi connectivity index (χ4v) is 7.22. The van der Waals surface area contributed by atoms with E-state index in [0.717, 1.165) is 15.4 Å². The van der Waals surface area contributed by atoms with Crippen molar-refractivity contribution in [3.63, 3.8) is 0 Å². The van der Waals surface area contributed by atoms with Gasteiger partial charge in [-0.3, -0.25) is 13.9 Å². The molecule has 5 aromatic carbocycles. The number of ether oxygens (including phenoxy) is 1. The van der Waals surface area contributed by atoms with Crippen LogP contribution in [0.2, 0.25) is 10.0 Å². The number of benzene rings is 5. The van der Waals surface area contributed by atoms with Crippen LogP contribution >= 0.6 is 23.2 Å². The number of aryl methyl sites for hydroxylation is 1. The van der Waals surface area contributed by atoms with Crippen molar-refractivity contribution in [2.45, 2.75) is 44.7 Å². The summed E-state index contributed by atoms with van der Waals surface area (Å²) in [5.41, 5.74) is 2.57. The van der Waals surface area contributed by atoms with Gasteiger partial charge in [-0.25, -0.2) is 8.42 Å². The Labute approximate surface area is 316 Å². The fraction of sp³-hybridized carbons (Fsp3) is 0.220. The van der Waals surface area contributed by atoms with Crippen molar-refractivity contribution in [3.05, 3.63) is 154 Å². The Morgan fingerprint density at radius 3 is 1.98 bits per heavy atom. The summed E-state index contributed by atoms with van der Waals surface area (Å²) >= 11 is 12.6. The van der Waals surface area contributed by atoms with Crippen LogP contribution in [0.25, 0.3) is 0 Å². The van der Waals surface area contributed by atoms with E-state index in [0.29, 0.717) is 28.6 Å². The molecule has 8 nitrogen and oxygen atoms in total. The molecule has 0 fully saturated rings. The van der Waals surface area contributed by atoms with E-state index < -0.39 is 28.5 Å². The number of amides is 2. The maximum Gasteiger partial charge on any atom is 0.264 e. The van der Waals surface area contributed by atoms with Crippen molar-refractivity contribution in [2.24, 2.45) is 5.92 Å². The minimum atomic E-state index is -4.28. The number of anilines is 1. The van der Waals surface area contributed by atoms with Gasteiger partial charge in [-0.1, -0.05) is 109 Å². The Kier molecular flexibility index (Phi) is 13.0. The fourth-order valence-electron chi connectivity index (χ4n) is 5.48. The standard InChI is InChI=1S/C41H41Cl2N3O5S/c1-29(2)26-44-41(48)39(25-31-10-6-4-7-11-31)45(27-32-16-23-37(42)38(43)24-32)40(47)28-46(52(49,50)36-21-14-30(3)15-22-36)33-17-19-35(20-18-33)51-34-12-8-5-9-13-34/h4-24,29,39H,25-28H2,1-3H3,(H,44,48). The predicted octanol–water partition coefficient (Wildman–Crippen LogP) is 8.70. The topological polar surface area (TPSA) is 96.0 Å². The Hall–Kier alpha value is -4.83. The first-order chi connectivity index (χ1) is 24.9. The van der Waals surface area contributed by atoms with Crippen LogP contribution < -0.4 is 14.4 Å². The second-order valence-corrected chi connectivity index (χ2v) is 15.5. The molecular formula is C41H41Cl2N3O5S. The molecule has 270 valence electrons. The van der Waals surface area contributed by atoms with Crippen molar-refractivity contribution < 1.29 is 22.7 Å². The van der Waals surface area contributed by atoms with Crippen LogP contribution in [0.5, 0.6) is 11.5 Å². The number of nitrogens with zero attached hydrogens (tertiary/aromatic N) is 2. The molecular weight excluding hydrogens is 717 g/mol. The van der Waals surface area contributed by atoms with Gasteiger partial charge in [-0.05, 0) is 84.6 Å². The van der Waals surface area contributed by atoms with Crippen molar-refractivity contribution in [2.75, 3.05) is 17.4 Å². The van der Waals surface area contributed by atoms with Gasteiger partial charge in [0, 0.05) is 19.5 Å². The van der Waals surface area contributed by atoms with Crippen LogP contribution in [-0.2, 0) is 32.6 Å². The molecule has 11 heteroatoms. The minimum Gasteiger partial charge on any atom is -0.457 e. The van der Waals surface area contributed by atoms with Crippen LogP contribution in [0.4, 0.5) is 5.69 Å². The average Bonchev–Trinajstić information content (AvgIpc) is 3.13. The molecule has 0 bridgehead atoms. The Balaban J connectivity index is 1.57. The van der Waals surface area contributed by atoms with Crippen LogP contribution in [0.15, 0.2) is 132 Å². The number of hydrogen-bond acceptors (Lipinski definition) is 5. The summed E-state index contributed by atoms with van der Waals surface area (Å²) in [4.78, 5) is 30.2. The quantitative estimate of drug-likeness (QED) is 0.115. The molecule has 0 aliphatic heterocycles. The lowest BCUT2D eigenvalue weighted by molar-refractivity contribution is -0.140. The van der Waals surface area contributed by atoms with Gasteiger partial charge < -0.3 is 15.0 Å². The van der Waals surface area contributed by atoms with Crippen molar-refractivity contribution in [1.82, 2.24) is 10.2 Å². The van der Waals surface area contributed by atoms with Crippen LogP contribution in [0, 0.1) is 12.8 Å². The van der Waals surface area contributed by atoms with Crippen LogP contribution in [-0.4, -0.2) is 44.3 Å². The molecule has 0 saturated heterocycles. The number of sulfonamides is 1. The highest BCUT2D eigenvalue weighted by molar-refractivity contribution is 7.92. The van der Waals surface area contributed by atoms with E-state index in [1.54, 1.807) is 54.6 Å². The summed E-state index contributed by atoms with van der Waals surface area (Å²) in [5, 5.41) is 3.62. The first kappa shape index (κ1) is 38.4. The Morgan fingerprint density at radius 1 is 0.750 bits per heavy atom. The largest absolute Gasteiger partial charge is 0.457 e. The first-order valence-electron chi connectivity index (χ1n) is 16.9. The third kappa shape index (κ3) is 10.2. The molecule has 0 aliphatic rings. The van der Waals surface area contributed by atoms with Gasteiger partial charge >= 0.3 is 0 Å². The molecule has 0 heterocycles. The minimum absolute atomic E-state index is 0.0158. The molecule has 1 atom stereocenters. The lowest BCUT2D eigenvalue weighted by Crippen LogP contribution is -2.53. The van der Waals surface area contributed by atoms with Gasteiger partial charge in [0.2, 0.25) is 11.8 Å². The molecule has 0 spiro atoms. The molecule has 1 unspecified atom stereocenters. The molecule has 0 radical (unpaired) electrons. The maximum atomic E-state index is 14.8. The third-order valence-corrected chi connectivity index (χ3v) is 10.8. The highest BCUT2D eigenvalue weighted by Crippen LogP contribution is 2.30. The number of carbonyl (C=O) groups excluding carboxylic acids is 2. The van der Waals surface area contributed by atoms with Crippen LogP contribution in [0.3, 0.4) is 0 Å². The number of carbonyl (C=O) groups is 2. The summed E-state index contributed by atoms with van der Waals surface area (Å²) < 4.78 is 35.8. The Morgan fingerprint density at radius 2 is 1.37 bits per heavy atom. The Bertz CT molecular complexity index is 2060. The molecule has 0 aromatic heterocycles. The molecule has 1 N–H and O–H groups in total. The van der Waals surface area contributed by atoms with E-state index in [4.69, 9.17) is 27.9 Å². The number of hydrogen-bond donors (Lipinski definition) is 1. The number of rotatable bonds is 15. The molecule has 0 saturated carbocycles. The summed E-state index contributed by atoms with van der Waals surface area (Å²) in [5.74, 6) is 0.311. The zero-order chi connectivity index (χ0) is 37.3. The van der Waals surface area contributed by atoms with Crippen LogP contribution in [0.1, 0.15) is 30.5 Å². The molecule has 2 amide bonds. The number of halogens is 2. The molecule has 0 aliphatic carbocycles. The van der Waals surface area contributed by atoms with E-state index in [1.807, 2.05) is 81.4 Å². The number of nitrogens with one attached hydrogen (secondary N) is 1. The number of para-hydroxylation sites is 1. The van der Waals surface area contributed by atoms with E-state index >= 15 is 0 Å². The zero-order valence-corrected chi connectivity index (χ0v) is 31.5. The van der Waals surface area contributed by atoms with Gasteiger partial charge in [0.15, 0.2) is 0 Å². The van der Waals surface area contributed by atoms with E-state index in [-0.39, 0.29) is 40.4 Å². The van der Waals surface area contributed by atoms with Crippen molar-refractivity contribution >= 4 is 50.7 Å². The normalized spacial score (nSPS) is 11.9. The molecule has 52 heavy (non-hydrogen) atoms. The van der Waals surface area contributed by atoms with Gasteiger partial charge in [0.1, 0.15) is 24.1 Å². The second-order valence-electron chi connectivity index (χ2n) is 12.8. The lowest BCUT2D eigenvalue weighted by atomic mass is 10.0. The lowest BCUT2D eigenvalue weighted by Gasteiger charge is -2.34. The summed E-state index contributed by atoms with van der Waals surface area (Å²) in [6.45, 7) is 5.58. The van der Waals surface area contributed by atoms with Gasteiger partial charge in [-0.2, -0.15) is 0 Å². The third-order valence-electron chi connectivity index (χ3n) is 8.28. The smallest absolute Gasteiger partial charge is 0.264 e. The second kappa shape index (κ2) is 17.6. The van der Waals surface area contributed by atoms with Crippen molar-refractivity contribution in [1.29, 1.82) is 0 Å². The van der Waals surface area contributed by atoms with Gasteiger partial charge in [0.05, 0.1) is 20.6 Å². The maximum absolute atomic E-state index is 14.8. The first-order valence-corrected chi connectivity index (χ1v) is 19.1. The summed E-state index contributed by atoms with van der Waals surface area (Å²) in [7, 11) is -4.28. The van der Waals surface area contributed by atoms with Crippen molar-refractivity contribution in [3.8, 4) is 11.5 Å². The highest BCUT2D eigenvalue weighted by Gasteiger charge is 2.35. The predicted molar refractivity (Wildman–Crippen MR) is 207 cm³/mol. The molecule has 5 rings (SSSR count). The van der Waals surface area contributed by atoms with Gasteiger partial charge in [0.25, 0.3) is 10.0 Å². The monoisotopic (exact) mass is 757 g/mol. The highest BCUT2D eigenvalue weighted by atomic mass is 35.5. The zero-order valence-electron chi connectivity index (χ0n) is 29.2. The van der Waals surface area contributed by atoms with Gasteiger partial charge in [-0.15, -0.1) is 0 Å².